The molecule has 17 heavy (non-hydrogen) atoms. The van der Waals surface area contributed by atoms with Gasteiger partial charge in [0.1, 0.15) is 0 Å². The first-order valence-electron chi connectivity index (χ1n) is 6.72. The molecule has 3 nitrogen and oxygen atoms in total. The van der Waals surface area contributed by atoms with Crippen LogP contribution in [0.2, 0.25) is 0 Å². The lowest BCUT2D eigenvalue weighted by Gasteiger charge is -2.28. The Morgan fingerprint density at radius 3 is 2.82 bits per heavy atom. The Kier molecular flexibility index (Phi) is 3.29. The quantitative estimate of drug-likeness (QED) is 0.722. The lowest BCUT2D eigenvalue weighted by Crippen LogP contribution is -2.36. The highest BCUT2D eigenvalue weighted by atomic mass is 15.0. The first-order chi connectivity index (χ1) is 8.43. The van der Waals surface area contributed by atoms with E-state index in [1.807, 2.05) is 0 Å². The normalized spacial score (nSPS) is 20.9. The second-order valence-corrected chi connectivity index (χ2v) is 5.04. The molecule has 3 N–H and O–H groups in total. The zero-order valence-electron chi connectivity index (χ0n) is 10.3. The van der Waals surface area contributed by atoms with Gasteiger partial charge in [-0.25, -0.2) is 0 Å². The van der Waals surface area contributed by atoms with Crippen LogP contribution in [-0.4, -0.2) is 25.7 Å². The average Bonchev–Trinajstić information content (AvgIpc) is 2.40. The van der Waals surface area contributed by atoms with Gasteiger partial charge in [0.05, 0.1) is 0 Å². The Morgan fingerprint density at radius 2 is 1.94 bits per heavy atom. The highest BCUT2D eigenvalue weighted by Crippen LogP contribution is 2.24. The van der Waals surface area contributed by atoms with Crippen LogP contribution in [0, 0.1) is 0 Å². The van der Waals surface area contributed by atoms with Crippen LogP contribution in [0.1, 0.15) is 24.0 Å². The van der Waals surface area contributed by atoms with E-state index >= 15 is 0 Å². The fourth-order valence-corrected chi connectivity index (χ4v) is 2.84. The predicted octanol–water partition coefficient (Wildman–Crippen LogP) is 1.50. The number of hydrogen-bond donors (Lipinski definition) is 3. The van der Waals surface area contributed by atoms with Gasteiger partial charge in [0.25, 0.3) is 0 Å². The van der Waals surface area contributed by atoms with Gasteiger partial charge in [0.2, 0.25) is 0 Å². The van der Waals surface area contributed by atoms with Crippen molar-refractivity contribution in [1.82, 2.24) is 10.6 Å². The van der Waals surface area contributed by atoms with Gasteiger partial charge in [-0.05, 0) is 56.1 Å². The minimum absolute atomic E-state index is 0.643. The van der Waals surface area contributed by atoms with Crippen molar-refractivity contribution >= 4 is 5.69 Å². The Hall–Kier alpha value is -1.06. The van der Waals surface area contributed by atoms with Crippen molar-refractivity contribution in [1.29, 1.82) is 0 Å². The molecular formula is C14H21N3. The number of hydrogen-bond acceptors (Lipinski definition) is 3. The number of anilines is 1. The van der Waals surface area contributed by atoms with Gasteiger partial charge in [-0.3, -0.25) is 0 Å². The van der Waals surface area contributed by atoms with Crippen LogP contribution in [0.3, 0.4) is 0 Å². The van der Waals surface area contributed by atoms with Gasteiger partial charge in [0, 0.05) is 18.3 Å². The number of benzene rings is 1. The smallest absolute Gasteiger partial charge is 0.0390 e. The van der Waals surface area contributed by atoms with Gasteiger partial charge in [-0.1, -0.05) is 12.1 Å². The maximum absolute atomic E-state index is 3.73. The Labute approximate surface area is 103 Å². The van der Waals surface area contributed by atoms with Crippen LogP contribution < -0.4 is 16.0 Å². The molecule has 1 saturated heterocycles. The molecule has 1 aromatic rings. The summed E-state index contributed by atoms with van der Waals surface area (Å²) in [7, 11) is 0. The van der Waals surface area contributed by atoms with E-state index < -0.39 is 0 Å². The van der Waals surface area contributed by atoms with Crippen LogP contribution in [0.25, 0.3) is 0 Å². The Morgan fingerprint density at radius 1 is 1.06 bits per heavy atom. The second-order valence-electron chi connectivity index (χ2n) is 5.04. The van der Waals surface area contributed by atoms with Gasteiger partial charge in [-0.15, -0.1) is 0 Å². The minimum Gasteiger partial charge on any atom is -0.382 e. The maximum Gasteiger partial charge on any atom is 0.0390 e. The topological polar surface area (TPSA) is 36.1 Å². The van der Waals surface area contributed by atoms with E-state index in [9.17, 15) is 0 Å². The second kappa shape index (κ2) is 5.07. The number of rotatable bonds is 2. The molecular weight excluding hydrogens is 210 g/mol. The molecule has 0 spiro atoms. The zero-order valence-corrected chi connectivity index (χ0v) is 10.3. The van der Waals surface area contributed by atoms with Crippen LogP contribution in [0.5, 0.6) is 0 Å². The van der Waals surface area contributed by atoms with Gasteiger partial charge < -0.3 is 16.0 Å². The number of nitrogens with one attached hydrogen (secondary N) is 3. The van der Waals surface area contributed by atoms with E-state index in [4.69, 9.17) is 0 Å². The largest absolute Gasteiger partial charge is 0.382 e. The predicted molar refractivity (Wildman–Crippen MR) is 71.4 cm³/mol. The van der Waals surface area contributed by atoms with Crippen LogP contribution in [-0.2, 0) is 13.0 Å². The molecule has 0 aliphatic carbocycles. The molecule has 0 amide bonds. The molecule has 0 atom stereocenters. The van der Waals surface area contributed by atoms with E-state index in [-0.39, 0.29) is 0 Å². The van der Waals surface area contributed by atoms with Crippen molar-refractivity contribution in [3.8, 4) is 0 Å². The molecule has 92 valence electrons. The summed E-state index contributed by atoms with van der Waals surface area (Å²) in [5.41, 5.74) is 4.35. The first kappa shape index (κ1) is 11.1. The van der Waals surface area contributed by atoms with E-state index in [1.165, 1.54) is 29.7 Å². The highest BCUT2D eigenvalue weighted by molar-refractivity contribution is 5.56. The minimum atomic E-state index is 0.643. The van der Waals surface area contributed by atoms with E-state index in [0.29, 0.717) is 6.04 Å². The SMILES string of the molecule is c1cc2c(c(NC3CCNCC3)c1)CNCC2. The summed E-state index contributed by atoms with van der Waals surface area (Å²) >= 11 is 0. The summed E-state index contributed by atoms with van der Waals surface area (Å²) in [6.45, 7) is 4.42. The molecule has 2 aliphatic heterocycles. The molecule has 0 bridgehead atoms. The summed E-state index contributed by atoms with van der Waals surface area (Å²) in [4.78, 5) is 0. The molecule has 2 aliphatic rings. The molecule has 0 unspecified atom stereocenters. The summed E-state index contributed by atoms with van der Waals surface area (Å²) < 4.78 is 0. The molecule has 1 fully saturated rings. The van der Waals surface area contributed by atoms with E-state index in [1.54, 1.807) is 0 Å². The molecule has 0 aromatic heterocycles. The van der Waals surface area contributed by atoms with Gasteiger partial charge in [-0.2, -0.15) is 0 Å². The van der Waals surface area contributed by atoms with Crippen LogP contribution in [0.4, 0.5) is 5.69 Å². The monoisotopic (exact) mass is 231 g/mol. The zero-order chi connectivity index (χ0) is 11.5. The molecule has 0 radical (unpaired) electrons. The third-order valence-electron chi connectivity index (χ3n) is 3.84. The van der Waals surface area contributed by atoms with Crippen molar-refractivity contribution in [3.63, 3.8) is 0 Å². The van der Waals surface area contributed by atoms with E-state index in [0.717, 1.165) is 32.6 Å². The van der Waals surface area contributed by atoms with Gasteiger partial charge in [0.15, 0.2) is 0 Å². The van der Waals surface area contributed by atoms with Gasteiger partial charge >= 0.3 is 0 Å². The Balaban J connectivity index is 1.77. The summed E-state index contributed by atoms with van der Waals surface area (Å²) in [5.74, 6) is 0. The third-order valence-corrected chi connectivity index (χ3v) is 3.84. The lowest BCUT2D eigenvalue weighted by atomic mass is 9.98. The molecule has 0 saturated carbocycles. The van der Waals surface area contributed by atoms with Crippen molar-refractivity contribution in [2.75, 3.05) is 25.0 Å². The third kappa shape index (κ3) is 2.45. The average molecular weight is 231 g/mol. The highest BCUT2D eigenvalue weighted by Gasteiger charge is 2.16. The van der Waals surface area contributed by atoms with Crippen LogP contribution in [0.15, 0.2) is 18.2 Å². The maximum atomic E-state index is 3.73. The van der Waals surface area contributed by atoms with Crippen molar-refractivity contribution in [2.24, 2.45) is 0 Å². The summed E-state index contributed by atoms with van der Waals surface area (Å²) in [6, 6.07) is 7.33. The molecule has 2 heterocycles. The fraction of sp³-hybridized carbons (Fsp3) is 0.571. The lowest BCUT2D eigenvalue weighted by molar-refractivity contribution is 0.478. The molecule has 1 aromatic carbocycles. The summed E-state index contributed by atoms with van der Waals surface area (Å²) in [5, 5.41) is 10.6. The number of fused-ring (bicyclic) bond motifs is 1. The standard InChI is InChI=1S/C14H21N3/c1-2-11-4-7-16-10-13(11)14(3-1)17-12-5-8-15-9-6-12/h1-3,12,15-17H,4-10H2. The van der Waals surface area contributed by atoms with Crippen molar-refractivity contribution in [2.45, 2.75) is 31.8 Å². The van der Waals surface area contributed by atoms with Crippen molar-refractivity contribution < 1.29 is 0 Å². The van der Waals surface area contributed by atoms with Crippen LogP contribution >= 0.6 is 0 Å². The summed E-state index contributed by atoms with van der Waals surface area (Å²) in [6.07, 6.45) is 3.63. The number of piperidine rings is 1. The molecule has 3 rings (SSSR count). The van der Waals surface area contributed by atoms with Crippen molar-refractivity contribution in [3.05, 3.63) is 29.3 Å². The fourth-order valence-electron chi connectivity index (χ4n) is 2.84. The Bertz CT molecular complexity index is 383. The first-order valence-corrected chi connectivity index (χ1v) is 6.72. The van der Waals surface area contributed by atoms with E-state index in [2.05, 4.69) is 34.1 Å². The molecule has 3 heteroatoms.